The minimum atomic E-state index is 0.957. The van der Waals surface area contributed by atoms with Gasteiger partial charge in [-0.25, -0.2) is 0 Å². The molecule has 0 nitrogen and oxygen atoms in total. The average molecular weight is 301 g/mol. The molecule has 0 saturated heterocycles. The third-order valence-electron chi connectivity index (χ3n) is 5.39. The maximum Gasteiger partial charge on any atom is -0.0248 e. The van der Waals surface area contributed by atoms with E-state index in [0.29, 0.717) is 0 Å². The number of rotatable bonds is 10. The van der Waals surface area contributed by atoms with Crippen LogP contribution in [0.5, 0.6) is 0 Å². The minimum Gasteiger partial charge on any atom is -0.0654 e. The maximum atomic E-state index is 2.53. The predicted octanol–water partition coefficient (Wildman–Crippen LogP) is 6.88. The highest BCUT2D eigenvalue weighted by atomic mass is 14.2. The fourth-order valence-corrected chi connectivity index (χ4v) is 3.90. The Morgan fingerprint density at radius 1 is 0.864 bits per heavy atom. The molecule has 0 heterocycles. The topological polar surface area (TPSA) is 0 Å². The van der Waals surface area contributed by atoms with Gasteiger partial charge < -0.3 is 0 Å². The van der Waals surface area contributed by atoms with Crippen LogP contribution in [0.1, 0.15) is 94.7 Å². The summed E-state index contributed by atoms with van der Waals surface area (Å²) < 4.78 is 0. The monoisotopic (exact) mass is 300 g/mol. The molecule has 1 aliphatic rings. The first-order valence-electron chi connectivity index (χ1n) is 9.94. The fraction of sp³-hybridized carbons (Fsp3) is 0.727. The van der Waals surface area contributed by atoms with Crippen molar-refractivity contribution in [3.63, 3.8) is 0 Å². The van der Waals surface area contributed by atoms with Crippen LogP contribution in [-0.4, -0.2) is 0 Å². The first-order valence-corrected chi connectivity index (χ1v) is 9.94. The molecule has 0 amide bonds. The fourth-order valence-electron chi connectivity index (χ4n) is 3.90. The molecule has 0 bridgehead atoms. The summed E-state index contributed by atoms with van der Waals surface area (Å²) in [7, 11) is 0. The van der Waals surface area contributed by atoms with Crippen LogP contribution in [0.15, 0.2) is 18.2 Å². The molecule has 0 aromatic heterocycles. The van der Waals surface area contributed by atoms with E-state index in [1.807, 2.05) is 0 Å². The summed E-state index contributed by atoms with van der Waals surface area (Å²) in [4.78, 5) is 0. The second kappa shape index (κ2) is 10.1. The molecule has 1 aliphatic carbocycles. The maximum absolute atomic E-state index is 2.53. The highest BCUT2D eigenvalue weighted by molar-refractivity contribution is 5.34. The van der Waals surface area contributed by atoms with Crippen LogP contribution in [0, 0.1) is 5.92 Å². The van der Waals surface area contributed by atoms with Gasteiger partial charge in [0, 0.05) is 0 Å². The molecule has 0 heteroatoms. The number of aryl methyl sites for hydroxylation is 2. The van der Waals surface area contributed by atoms with Crippen molar-refractivity contribution in [2.75, 3.05) is 0 Å². The Morgan fingerprint density at radius 3 is 2.45 bits per heavy atom. The van der Waals surface area contributed by atoms with Gasteiger partial charge in [0.15, 0.2) is 0 Å². The summed E-state index contributed by atoms with van der Waals surface area (Å²) in [6.45, 7) is 4.60. The lowest BCUT2D eigenvalue weighted by Gasteiger charge is -2.25. The Kier molecular flexibility index (Phi) is 8.05. The zero-order valence-corrected chi connectivity index (χ0v) is 15.0. The number of benzene rings is 1. The lowest BCUT2D eigenvalue weighted by molar-refractivity contribution is 0.408. The summed E-state index contributed by atoms with van der Waals surface area (Å²) in [5.74, 6) is 0.957. The van der Waals surface area contributed by atoms with Gasteiger partial charge >= 0.3 is 0 Å². The summed E-state index contributed by atoms with van der Waals surface area (Å²) >= 11 is 0. The Morgan fingerprint density at radius 2 is 1.64 bits per heavy atom. The number of hydrogen-bond donors (Lipinski definition) is 0. The molecule has 0 saturated carbocycles. The van der Waals surface area contributed by atoms with Gasteiger partial charge in [0.2, 0.25) is 0 Å². The molecular weight excluding hydrogens is 264 g/mol. The Balaban J connectivity index is 1.77. The SMILES string of the molecule is CCCCCCCc1ccc2c(c1)CCC(CCCCC)C2. The smallest absolute Gasteiger partial charge is 0.0248 e. The lowest BCUT2D eigenvalue weighted by atomic mass is 9.80. The quantitative estimate of drug-likeness (QED) is 0.413. The Labute approximate surface area is 138 Å². The van der Waals surface area contributed by atoms with Crippen molar-refractivity contribution in [3.8, 4) is 0 Å². The first kappa shape index (κ1) is 17.6. The molecule has 0 fully saturated rings. The zero-order valence-electron chi connectivity index (χ0n) is 15.0. The summed E-state index contributed by atoms with van der Waals surface area (Å²) in [5.41, 5.74) is 4.90. The van der Waals surface area contributed by atoms with Gasteiger partial charge in [-0.15, -0.1) is 0 Å². The first-order chi connectivity index (χ1) is 10.8. The molecule has 1 unspecified atom stereocenters. The van der Waals surface area contributed by atoms with E-state index in [-0.39, 0.29) is 0 Å². The summed E-state index contributed by atoms with van der Waals surface area (Å²) in [6.07, 6.45) is 18.0. The van der Waals surface area contributed by atoms with Crippen molar-refractivity contribution in [1.82, 2.24) is 0 Å². The second-order valence-corrected chi connectivity index (χ2v) is 7.37. The van der Waals surface area contributed by atoms with Gasteiger partial charge in [-0.05, 0) is 54.7 Å². The van der Waals surface area contributed by atoms with E-state index in [9.17, 15) is 0 Å². The van der Waals surface area contributed by atoms with Crippen LogP contribution in [0.4, 0.5) is 0 Å². The number of unbranched alkanes of at least 4 members (excludes halogenated alkanes) is 6. The van der Waals surface area contributed by atoms with Crippen molar-refractivity contribution >= 4 is 0 Å². The van der Waals surface area contributed by atoms with Gasteiger partial charge in [0.25, 0.3) is 0 Å². The van der Waals surface area contributed by atoms with E-state index in [1.165, 1.54) is 83.5 Å². The Bertz CT molecular complexity index is 418. The molecule has 0 aliphatic heterocycles. The third kappa shape index (κ3) is 5.78. The minimum absolute atomic E-state index is 0.957. The van der Waals surface area contributed by atoms with E-state index >= 15 is 0 Å². The average Bonchev–Trinajstić information content (AvgIpc) is 2.55. The lowest BCUT2D eigenvalue weighted by Crippen LogP contribution is -2.14. The van der Waals surface area contributed by atoms with Gasteiger partial charge in [0.1, 0.15) is 0 Å². The van der Waals surface area contributed by atoms with Crippen LogP contribution in [0.25, 0.3) is 0 Å². The van der Waals surface area contributed by atoms with E-state index in [2.05, 4.69) is 32.0 Å². The molecule has 1 atom stereocenters. The standard InChI is InChI=1S/C22H36/c1-3-5-7-8-10-12-20-14-16-21-17-19(11-9-6-4-2)13-15-22(21)18-20/h14,16,18-19H,3-13,15,17H2,1-2H3. The summed E-state index contributed by atoms with van der Waals surface area (Å²) in [6, 6.07) is 7.38. The molecule has 0 radical (unpaired) electrons. The second-order valence-electron chi connectivity index (χ2n) is 7.37. The van der Waals surface area contributed by atoms with Gasteiger partial charge in [-0.1, -0.05) is 83.4 Å². The van der Waals surface area contributed by atoms with E-state index in [1.54, 1.807) is 16.7 Å². The molecule has 0 N–H and O–H groups in total. The van der Waals surface area contributed by atoms with Gasteiger partial charge in [-0.2, -0.15) is 0 Å². The molecule has 0 spiro atoms. The number of hydrogen-bond acceptors (Lipinski definition) is 0. The van der Waals surface area contributed by atoms with Crippen molar-refractivity contribution in [2.24, 2.45) is 5.92 Å². The van der Waals surface area contributed by atoms with Crippen molar-refractivity contribution in [1.29, 1.82) is 0 Å². The molecule has 22 heavy (non-hydrogen) atoms. The van der Waals surface area contributed by atoms with Crippen LogP contribution >= 0.6 is 0 Å². The largest absolute Gasteiger partial charge is 0.0654 e. The highest BCUT2D eigenvalue weighted by Gasteiger charge is 2.18. The van der Waals surface area contributed by atoms with Gasteiger partial charge in [0.05, 0.1) is 0 Å². The molecule has 1 aromatic rings. The molecule has 2 rings (SSSR count). The van der Waals surface area contributed by atoms with Crippen LogP contribution < -0.4 is 0 Å². The molecule has 124 valence electrons. The van der Waals surface area contributed by atoms with E-state index in [0.717, 1.165) is 5.92 Å². The third-order valence-corrected chi connectivity index (χ3v) is 5.39. The molecular formula is C22H36. The van der Waals surface area contributed by atoms with Crippen molar-refractivity contribution in [3.05, 3.63) is 34.9 Å². The zero-order chi connectivity index (χ0) is 15.6. The predicted molar refractivity (Wildman–Crippen MR) is 98.6 cm³/mol. The van der Waals surface area contributed by atoms with Crippen LogP contribution in [0.2, 0.25) is 0 Å². The van der Waals surface area contributed by atoms with Gasteiger partial charge in [-0.3, -0.25) is 0 Å². The van der Waals surface area contributed by atoms with Crippen molar-refractivity contribution in [2.45, 2.75) is 97.3 Å². The van der Waals surface area contributed by atoms with Crippen molar-refractivity contribution < 1.29 is 0 Å². The van der Waals surface area contributed by atoms with E-state index in [4.69, 9.17) is 0 Å². The molecule has 1 aromatic carbocycles. The summed E-state index contributed by atoms with van der Waals surface area (Å²) in [5, 5.41) is 0. The van der Waals surface area contributed by atoms with Crippen LogP contribution in [-0.2, 0) is 19.3 Å². The number of fused-ring (bicyclic) bond motifs is 1. The Hall–Kier alpha value is -0.780. The van der Waals surface area contributed by atoms with Crippen LogP contribution in [0.3, 0.4) is 0 Å². The highest BCUT2D eigenvalue weighted by Crippen LogP contribution is 2.30. The normalized spacial score (nSPS) is 17.5. The van der Waals surface area contributed by atoms with E-state index < -0.39 is 0 Å².